The molecule has 4 aliphatic heterocycles. The topological polar surface area (TPSA) is 122 Å². The minimum absolute atomic E-state index is 0.0329. The van der Waals surface area contributed by atoms with Gasteiger partial charge in [0.05, 0.1) is 53.2 Å². The van der Waals surface area contributed by atoms with Crippen LogP contribution in [0.2, 0.25) is 5.02 Å². The van der Waals surface area contributed by atoms with Gasteiger partial charge < -0.3 is 57.2 Å². The molecule has 3 aromatic rings. The van der Waals surface area contributed by atoms with Gasteiger partial charge >= 0.3 is 0 Å². The maximum atomic E-state index is 12.0. The first-order valence-electron chi connectivity index (χ1n) is 14.3. The number of halogens is 1. The first-order valence-corrected chi connectivity index (χ1v) is 14.7. The van der Waals surface area contributed by atoms with E-state index in [9.17, 15) is 5.11 Å². The van der Waals surface area contributed by atoms with E-state index in [0.717, 1.165) is 5.56 Å². The van der Waals surface area contributed by atoms with Gasteiger partial charge in [-0.15, -0.1) is 0 Å². The van der Waals surface area contributed by atoms with Gasteiger partial charge in [0.2, 0.25) is 30.3 Å². The summed E-state index contributed by atoms with van der Waals surface area (Å²) in [6.45, 7) is 0.398. The quantitative estimate of drug-likeness (QED) is 0.354. The number of rotatable bonds is 9. The standard InChI is InChI=1S/C32H33ClO12/c1-35-13-25-26(16-5-7-17(33)8-6-16)44-22-10-20(36-2)18(9-21(22)43-25)27-19-12-39-31(32(19,34)14-40-27)45-29-23(37-3)11-24-28(30(29)38-4)42-15-41-24/h5-11,19,25-27,31,34H,12-15H2,1-4H3/t19-,25+,26+,27-,31-,32-/m1/s1. The van der Waals surface area contributed by atoms with E-state index in [4.69, 9.17) is 63.7 Å². The lowest BCUT2D eigenvalue weighted by molar-refractivity contribution is -0.153. The van der Waals surface area contributed by atoms with Crippen LogP contribution in [0.4, 0.5) is 0 Å². The summed E-state index contributed by atoms with van der Waals surface area (Å²) in [5.74, 6) is 2.64. The van der Waals surface area contributed by atoms with Crippen molar-refractivity contribution >= 4 is 11.6 Å². The van der Waals surface area contributed by atoms with Crippen LogP contribution in [0.3, 0.4) is 0 Å². The second-order valence-corrected chi connectivity index (χ2v) is 11.5. The van der Waals surface area contributed by atoms with Gasteiger partial charge in [0, 0.05) is 29.8 Å². The molecule has 0 aromatic heterocycles. The molecule has 12 nitrogen and oxygen atoms in total. The summed E-state index contributed by atoms with van der Waals surface area (Å²) in [6, 6.07) is 12.6. The van der Waals surface area contributed by atoms with Gasteiger partial charge in [-0.25, -0.2) is 0 Å². The molecule has 0 aliphatic carbocycles. The maximum absolute atomic E-state index is 12.0. The van der Waals surface area contributed by atoms with Crippen molar-refractivity contribution in [3.63, 3.8) is 0 Å². The molecule has 0 amide bonds. The molecule has 2 fully saturated rings. The lowest BCUT2D eigenvalue weighted by atomic mass is 9.85. The number of hydrogen-bond acceptors (Lipinski definition) is 12. The molecule has 13 heteroatoms. The molecule has 45 heavy (non-hydrogen) atoms. The van der Waals surface area contributed by atoms with E-state index in [1.807, 2.05) is 18.2 Å². The molecule has 7 rings (SSSR count). The van der Waals surface area contributed by atoms with Crippen LogP contribution in [-0.2, 0) is 14.2 Å². The van der Waals surface area contributed by atoms with Gasteiger partial charge in [-0.1, -0.05) is 23.7 Å². The Kier molecular flexibility index (Phi) is 7.86. The Balaban J connectivity index is 1.17. The monoisotopic (exact) mass is 644 g/mol. The van der Waals surface area contributed by atoms with E-state index < -0.39 is 36.1 Å². The Labute approximate surface area is 264 Å². The minimum atomic E-state index is -1.52. The first kappa shape index (κ1) is 29.9. The molecule has 0 radical (unpaired) electrons. The maximum Gasteiger partial charge on any atom is 0.232 e. The van der Waals surface area contributed by atoms with Crippen molar-refractivity contribution in [1.29, 1.82) is 0 Å². The molecular formula is C32H33ClO12. The summed E-state index contributed by atoms with van der Waals surface area (Å²) in [4.78, 5) is 0. The second kappa shape index (κ2) is 11.8. The van der Waals surface area contributed by atoms with Crippen LogP contribution in [0.1, 0.15) is 23.3 Å². The van der Waals surface area contributed by atoms with Crippen molar-refractivity contribution in [3.8, 4) is 46.0 Å². The van der Waals surface area contributed by atoms with Crippen LogP contribution >= 0.6 is 11.6 Å². The summed E-state index contributed by atoms with van der Waals surface area (Å²) < 4.78 is 64.9. The average Bonchev–Trinajstić information content (AvgIpc) is 3.74. The highest BCUT2D eigenvalue weighted by Crippen LogP contribution is 2.56. The third-order valence-corrected chi connectivity index (χ3v) is 8.78. The lowest BCUT2D eigenvalue weighted by Crippen LogP contribution is -2.47. The fourth-order valence-corrected chi connectivity index (χ4v) is 6.41. The summed E-state index contributed by atoms with van der Waals surface area (Å²) in [6.07, 6.45) is -2.59. The third kappa shape index (κ3) is 5.01. The zero-order valence-corrected chi connectivity index (χ0v) is 25.8. The number of fused-ring (bicyclic) bond motifs is 3. The van der Waals surface area contributed by atoms with Crippen molar-refractivity contribution < 1.29 is 57.2 Å². The van der Waals surface area contributed by atoms with Gasteiger partial charge in [-0.3, -0.25) is 0 Å². The zero-order chi connectivity index (χ0) is 31.3. The summed E-state index contributed by atoms with van der Waals surface area (Å²) in [7, 11) is 6.15. The van der Waals surface area contributed by atoms with Crippen molar-refractivity contribution in [1.82, 2.24) is 0 Å². The average molecular weight is 645 g/mol. The smallest absolute Gasteiger partial charge is 0.232 e. The molecule has 240 valence electrons. The van der Waals surface area contributed by atoms with E-state index >= 15 is 0 Å². The van der Waals surface area contributed by atoms with Crippen LogP contribution in [0, 0.1) is 5.92 Å². The predicted molar refractivity (Wildman–Crippen MR) is 157 cm³/mol. The highest BCUT2D eigenvalue weighted by molar-refractivity contribution is 6.30. The van der Waals surface area contributed by atoms with E-state index in [-0.39, 0.29) is 38.1 Å². The van der Waals surface area contributed by atoms with Gasteiger partial charge in [0.15, 0.2) is 40.8 Å². The first-order chi connectivity index (χ1) is 21.9. The molecule has 4 aliphatic rings. The van der Waals surface area contributed by atoms with Crippen molar-refractivity contribution in [2.75, 3.05) is 55.1 Å². The van der Waals surface area contributed by atoms with E-state index in [1.165, 1.54) is 14.2 Å². The number of benzene rings is 3. The molecule has 6 atom stereocenters. The molecule has 3 aromatic carbocycles. The molecule has 0 unspecified atom stereocenters. The SMILES string of the molecule is COC[C@@H]1Oc2cc([C@H]3OC[C@]4(O)[C@@H](Oc5c(OC)cc6c(c5OC)OCO6)OC[C@H]34)c(OC)cc2O[C@H]1c1ccc(Cl)cc1. The summed E-state index contributed by atoms with van der Waals surface area (Å²) in [5, 5.41) is 12.6. The molecule has 0 bridgehead atoms. The van der Waals surface area contributed by atoms with E-state index in [0.29, 0.717) is 45.1 Å². The van der Waals surface area contributed by atoms with Crippen LogP contribution in [-0.4, -0.2) is 78.2 Å². The lowest BCUT2D eigenvalue weighted by Gasteiger charge is -2.35. The minimum Gasteiger partial charge on any atom is -0.496 e. The Morgan fingerprint density at radius 3 is 2.33 bits per heavy atom. The van der Waals surface area contributed by atoms with Gasteiger partial charge in [-0.2, -0.15) is 0 Å². The van der Waals surface area contributed by atoms with Crippen LogP contribution in [0.25, 0.3) is 0 Å². The Morgan fingerprint density at radius 1 is 0.844 bits per heavy atom. The highest BCUT2D eigenvalue weighted by atomic mass is 35.5. The Hall–Kier alpha value is -3.81. The van der Waals surface area contributed by atoms with Gasteiger partial charge in [0.25, 0.3) is 0 Å². The van der Waals surface area contributed by atoms with Crippen LogP contribution in [0.15, 0.2) is 42.5 Å². The number of methoxy groups -OCH3 is 4. The van der Waals surface area contributed by atoms with Crippen molar-refractivity contribution in [2.24, 2.45) is 5.92 Å². The fraction of sp³-hybridized carbons (Fsp3) is 0.438. The van der Waals surface area contributed by atoms with E-state index in [1.54, 1.807) is 38.5 Å². The molecule has 2 saturated heterocycles. The number of hydrogen-bond donors (Lipinski definition) is 1. The van der Waals surface area contributed by atoms with Gasteiger partial charge in [-0.05, 0) is 23.8 Å². The normalized spacial score (nSPS) is 27.6. The molecule has 0 saturated carbocycles. The van der Waals surface area contributed by atoms with Crippen molar-refractivity contribution in [2.45, 2.75) is 30.2 Å². The third-order valence-electron chi connectivity index (χ3n) is 8.53. The molecular weight excluding hydrogens is 612 g/mol. The molecule has 0 spiro atoms. The predicted octanol–water partition coefficient (Wildman–Crippen LogP) is 4.48. The summed E-state index contributed by atoms with van der Waals surface area (Å²) >= 11 is 6.11. The highest BCUT2D eigenvalue weighted by Gasteiger charge is 2.61. The summed E-state index contributed by atoms with van der Waals surface area (Å²) in [5.41, 5.74) is 0.0433. The molecule has 4 heterocycles. The van der Waals surface area contributed by atoms with Gasteiger partial charge in [0.1, 0.15) is 5.75 Å². The Bertz CT molecular complexity index is 1560. The largest absolute Gasteiger partial charge is 0.496 e. The number of ether oxygens (including phenoxy) is 11. The van der Waals surface area contributed by atoms with E-state index in [2.05, 4.69) is 0 Å². The van der Waals surface area contributed by atoms with Crippen molar-refractivity contribution in [3.05, 3.63) is 58.6 Å². The second-order valence-electron chi connectivity index (χ2n) is 11.0. The Morgan fingerprint density at radius 2 is 1.60 bits per heavy atom. The zero-order valence-electron chi connectivity index (χ0n) is 25.1. The van der Waals surface area contributed by atoms with Crippen LogP contribution < -0.4 is 37.9 Å². The van der Waals surface area contributed by atoms with Crippen LogP contribution in [0.5, 0.6) is 46.0 Å². The molecule has 1 N–H and O–H groups in total. The number of aliphatic hydroxyl groups is 1. The fourth-order valence-electron chi connectivity index (χ4n) is 6.29.